The molecule has 1 saturated heterocycles. The van der Waals surface area contributed by atoms with Gasteiger partial charge in [0.1, 0.15) is 12.1 Å². The Morgan fingerprint density at radius 3 is 2.48 bits per heavy atom. The third kappa shape index (κ3) is 3.59. The van der Waals surface area contributed by atoms with Crippen molar-refractivity contribution in [2.45, 2.75) is 7.43 Å². The Bertz CT molecular complexity index is 1100. The van der Waals surface area contributed by atoms with Gasteiger partial charge in [-0.3, -0.25) is 5.10 Å². The number of nitrogens with two attached hydrogens (primary N) is 1. The highest BCUT2D eigenvalue weighted by Crippen LogP contribution is 2.29. The quantitative estimate of drug-likeness (QED) is 0.523. The van der Waals surface area contributed by atoms with Crippen molar-refractivity contribution in [3.63, 3.8) is 0 Å². The molecule has 29 heavy (non-hydrogen) atoms. The monoisotopic (exact) mass is 387 g/mol. The zero-order chi connectivity index (χ0) is 18.9. The summed E-state index contributed by atoms with van der Waals surface area (Å²) in [6.45, 7) is 3.65. The number of benzene rings is 2. The van der Waals surface area contributed by atoms with Gasteiger partial charge in [0.25, 0.3) is 0 Å². The molecule has 7 heteroatoms. The molecule has 3 N–H and O–H groups in total. The largest absolute Gasteiger partial charge is 0.399 e. The summed E-state index contributed by atoms with van der Waals surface area (Å²) in [7, 11) is 0. The summed E-state index contributed by atoms with van der Waals surface area (Å²) in [6.07, 6.45) is 5.38. The minimum absolute atomic E-state index is 0. The Labute approximate surface area is 170 Å². The van der Waals surface area contributed by atoms with E-state index in [-0.39, 0.29) is 7.43 Å². The average molecular weight is 387 g/mol. The molecule has 1 fully saturated rings. The number of aromatic nitrogens is 4. The van der Waals surface area contributed by atoms with Crippen molar-refractivity contribution < 1.29 is 0 Å². The van der Waals surface area contributed by atoms with E-state index in [1.165, 1.54) is 5.69 Å². The molecule has 0 aliphatic carbocycles. The van der Waals surface area contributed by atoms with Gasteiger partial charge in [-0.05, 0) is 35.9 Å². The zero-order valence-corrected chi connectivity index (χ0v) is 15.4. The van der Waals surface area contributed by atoms with Gasteiger partial charge in [-0.2, -0.15) is 5.10 Å². The molecule has 0 bridgehead atoms. The number of aromatic amines is 1. The van der Waals surface area contributed by atoms with Crippen molar-refractivity contribution in [2.75, 3.05) is 41.7 Å². The fraction of sp³-hybridized carbons (Fsp3) is 0.227. The lowest BCUT2D eigenvalue weighted by molar-refractivity contribution is 0.649. The van der Waals surface area contributed by atoms with Crippen molar-refractivity contribution in [3.05, 3.63) is 61.2 Å². The van der Waals surface area contributed by atoms with E-state index in [2.05, 4.69) is 48.2 Å². The number of hydrogen-bond donors (Lipinski definition) is 2. The van der Waals surface area contributed by atoms with Crippen LogP contribution < -0.4 is 15.5 Å². The number of nitrogens with zero attached hydrogens (tertiary/aromatic N) is 5. The van der Waals surface area contributed by atoms with Gasteiger partial charge in [-0.15, -0.1) is 0 Å². The smallest absolute Gasteiger partial charge is 0.140 e. The van der Waals surface area contributed by atoms with Gasteiger partial charge in [0.05, 0.1) is 11.7 Å². The van der Waals surface area contributed by atoms with Crippen LogP contribution in [0.15, 0.2) is 61.2 Å². The van der Waals surface area contributed by atoms with E-state index in [4.69, 9.17) is 5.73 Å². The van der Waals surface area contributed by atoms with Crippen LogP contribution in [0.4, 0.5) is 17.2 Å². The fourth-order valence-corrected chi connectivity index (χ4v) is 3.78. The number of anilines is 3. The molecule has 0 saturated carbocycles. The fourth-order valence-electron chi connectivity index (χ4n) is 3.78. The first-order valence-corrected chi connectivity index (χ1v) is 9.37. The number of piperazine rings is 1. The minimum atomic E-state index is 0. The number of nitrogen functional groups attached to an aromatic ring is 1. The molecule has 0 amide bonds. The lowest BCUT2D eigenvalue weighted by Gasteiger charge is -2.37. The van der Waals surface area contributed by atoms with Crippen molar-refractivity contribution in [2.24, 2.45) is 0 Å². The molecule has 1 aliphatic rings. The maximum absolute atomic E-state index is 5.94. The van der Waals surface area contributed by atoms with Gasteiger partial charge in [-0.1, -0.05) is 19.6 Å². The summed E-state index contributed by atoms with van der Waals surface area (Å²) in [6, 6.07) is 14.3. The molecule has 148 valence electrons. The Balaban J connectivity index is 0.00000205. The van der Waals surface area contributed by atoms with Crippen molar-refractivity contribution >= 4 is 28.1 Å². The SMILES string of the molecule is C.Nc1cccc(N2CCN(c3ncnc4ccc(-c5cn[nH]c5)cc34)CC2)c1. The van der Waals surface area contributed by atoms with Crippen molar-refractivity contribution in [1.29, 1.82) is 0 Å². The van der Waals surface area contributed by atoms with Crippen LogP contribution in [0.5, 0.6) is 0 Å². The summed E-state index contributed by atoms with van der Waals surface area (Å²) in [5.74, 6) is 0.988. The molecule has 2 aromatic heterocycles. The lowest BCUT2D eigenvalue weighted by Crippen LogP contribution is -2.46. The molecule has 3 heterocycles. The Morgan fingerprint density at radius 1 is 0.897 bits per heavy atom. The summed E-state index contributed by atoms with van der Waals surface area (Å²) in [5.41, 5.74) is 11.0. The van der Waals surface area contributed by atoms with E-state index in [9.17, 15) is 0 Å². The van der Waals surface area contributed by atoms with Crippen LogP contribution in [0.2, 0.25) is 0 Å². The average Bonchev–Trinajstić information content (AvgIpc) is 3.28. The normalized spacial score (nSPS) is 14.1. The van der Waals surface area contributed by atoms with Gasteiger partial charge >= 0.3 is 0 Å². The second-order valence-electron chi connectivity index (χ2n) is 6.99. The highest BCUT2D eigenvalue weighted by Gasteiger charge is 2.20. The molecule has 7 nitrogen and oxygen atoms in total. The molecular formula is C22H25N7. The van der Waals surface area contributed by atoms with Gasteiger partial charge in [0, 0.05) is 54.7 Å². The van der Waals surface area contributed by atoms with Crippen LogP contribution in [0, 0.1) is 0 Å². The molecule has 5 rings (SSSR count). The predicted octanol–water partition coefficient (Wildman–Crippen LogP) is 3.56. The van der Waals surface area contributed by atoms with E-state index < -0.39 is 0 Å². The van der Waals surface area contributed by atoms with Crippen molar-refractivity contribution in [3.8, 4) is 11.1 Å². The maximum atomic E-state index is 5.94. The summed E-state index contributed by atoms with van der Waals surface area (Å²) >= 11 is 0. The molecular weight excluding hydrogens is 362 g/mol. The number of H-pyrrole nitrogens is 1. The second kappa shape index (κ2) is 7.79. The summed E-state index contributed by atoms with van der Waals surface area (Å²) < 4.78 is 0. The van der Waals surface area contributed by atoms with Gasteiger partial charge in [-0.25, -0.2) is 9.97 Å². The van der Waals surface area contributed by atoms with Crippen LogP contribution in [0.25, 0.3) is 22.0 Å². The third-order valence-electron chi connectivity index (χ3n) is 5.26. The summed E-state index contributed by atoms with van der Waals surface area (Å²) in [5, 5.41) is 7.99. The first-order chi connectivity index (χ1) is 13.8. The van der Waals surface area contributed by atoms with E-state index >= 15 is 0 Å². The van der Waals surface area contributed by atoms with Gasteiger partial charge < -0.3 is 15.5 Å². The predicted molar refractivity (Wildman–Crippen MR) is 119 cm³/mol. The van der Waals surface area contributed by atoms with Crippen LogP contribution in [-0.2, 0) is 0 Å². The highest BCUT2D eigenvalue weighted by atomic mass is 15.3. The summed E-state index contributed by atoms with van der Waals surface area (Å²) in [4.78, 5) is 13.8. The van der Waals surface area contributed by atoms with E-state index in [0.717, 1.165) is 59.7 Å². The number of fused-ring (bicyclic) bond motifs is 1. The number of rotatable bonds is 3. The zero-order valence-electron chi connectivity index (χ0n) is 15.4. The standard InChI is InChI=1S/C21H21N7.CH4/c22-17-2-1-3-18(11-17)27-6-8-28(9-7-27)21-19-10-15(16-12-25-26-13-16)4-5-20(19)23-14-24-21;/h1-5,10-14H,6-9,22H2,(H,25,26);1H4. The maximum Gasteiger partial charge on any atom is 0.140 e. The van der Waals surface area contributed by atoms with Crippen LogP contribution in [0.3, 0.4) is 0 Å². The molecule has 0 spiro atoms. The highest BCUT2D eigenvalue weighted by molar-refractivity contribution is 5.92. The molecule has 0 atom stereocenters. The molecule has 4 aromatic rings. The first kappa shape index (κ1) is 18.7. The molecule has 0 unspecified atom stereocenters. The minimum Gasteiger partial charge on any atom is -0.399 e. The topological polar surface area (TPSA) is 87.0 Å². The lowest BCUT2D eigenvalue weighted by atomic mass is 10.1. The Kier molecular flexibility index (Phi) is 5.03. The molecule has 0 radical (unpaired) electrons. The van der Waals surface area contributed by atoms with Gasteiger partial charge in [0.15, 0.2) is 0 Å². The molecule has 1 aliphatic heterocycles. The van der Waals surface area contributed by atoms with Gasteiger partial charge in [0.2, 0.25) is 0 Å². The van der Waals surface area contributed by atoms with Crippen molar-refractivity contribution in [1.82, 2.24) is 20.2 Å². The van der Waals surface area contributed by atoms with Crippen LogP contribution in [0.1, 0.15) is 7.43 Å². The van der Waals surface area contributed by atoms with Crippen LogP contribution >= 0.6 is 0 Å². The first-order valence-electron chi connectivity index (χ1n) is 9.37. The Hall–Kier alpha value is -3.61. The third-order valence-corrected chi connectivity index (χ3v) is 5.26. The van der Waals surface area contributed by atoms with E-state index in [1.807, 2.05) is 36.7 Å². The van der Waals surface area contributed by atoms with E-state index in [1.54, 1.807) is 6.33 Å². The number of hydrogen-bond acceptors (Lipinski definition) is 6. The number of nitrogens with one attached hydrogen (secondary N) is 1. The van der Waals surface area contributed by atoms with E-state index in [0.29, 0.717) is 0 Å². The Morgan fingerprint density at radius 2 is 1.72 bits per heavy atom. The van der Waals surface area contributed by atoms with Crippen LogP contribution in [-0.4, -0.2) is 46.3 Å². The molecule has 2 aromatic carbocycles. The second-order valence-corrected chi connectivity index (χ2v) is 6.99.